The van der Waals surface area contributed by atoms with E-state index in [0.29, 0.717) is 66.7 Å². The minimum atomic E-state index is -1.12. The number of nitrogens with zero attached hydrogens (tertiary/aromatic N) is 8. The van der Waals surface area contributed by atoms with Gasteiger partial charge < -0.3 is 24.4 Å². The first-order valence-corrected chi connectivity index (χ1v) is 25.6. The van der Waals surface area contributed by atoms with Gasteiger partial charge in [-0.2, -0.15) is 5.10 Å². The number of hydrogen-bond acceptors (Lipinski definition) is 14. The summed E-state index contributed by atoms with van der Waals surface area (Å²) >= 11 is 1.43. The first kappa shape index (κ1) is 47.1. The summed E-state index contributed by atoms with van der Waals surface area (Å²) in [5.41, 5.74) is 6.85. The van der Waals surface area contributed by atoms with Crippen molar-refractivity contribution in [3.8, 4) is 16.9 Å². The maximum Gasteiger partial charge on any atom is 0.355 e. The number of aromatic carboxylic acids is 1. The largest absolute Gasteiger partial charge is 0.490 e. The van der Waals surface area contributed by atoms with Crippen LogP contribution in [-0.2, 0) is 34.3 Å². The number of benzene rings is 3. The van der Waals surface area contributed by atoms with Crippen molar-refractivity contribution in [2.24, 2.45) is 7.05 Å². The van der Waals surface area contributed by atoms with E-state index in [4.69, 9.17) is 19.4 Å². The van der Waals surface area contributed by atoms with E-state index in [0.717, 1.165) is 113 Å². The monoisotopic (exact) mass is 988 g/mol. The second kappa shape index (κ2) is 20.1. The molecule has 0 bridgehead atoms. The van der Waals surface area contributed by atoms with Gasteiger partial charge in [0.25, 0.3) is 5.91 Å². The molecular weight excluding hydrogens is 933 g/mol. The molecule has 1 aliphatic carbocycles. The maximum atomic E-state index is 13.7. The lowest BCUT2D eigenvalue weighted by molar-refractivity contribution is -0.134. The predicted octanol–water partition coefficient (Wildman–Crippen LogP) is 7.51. The molecule has 3 N–H and O–H groups in total. The third-order valence-electron chi connectivity index (χ3n) is 14.7. The summed E-state index contributed by atoms with van der Waals surface area (Å²) in [4.78, 5) is 71.9. The molecule has 1 unspecified atom stereocenters. The van der Waals surface area contributed by atoms with Crippen LogP contribution >= 0.6 is 11.3 Å². The van der Waals surface area contributed by atoms with Crippen LogP contribution in [0, 0.1) is 6.92 Å². The number of aryl methyl sites for hydroxylation is 1. The van der Waals surface area contributed by atoms with Crippen LogP contribution in [0.15, 0.2) is 84.9 Å². The van der Waals surface area contributed by atoms with Crippen LogP contribution < -0.4 is 25.2 Å². The van der Waals surface area contributed by atoms with E-state index in [-0.39, 0.29) is 35.6 Å². The third kappa shape index (κ3) is 9.60. The van der Waals surface area contributed by atoms with E-state index in [1.165, 1.54) is 11.3 Å². The number of hydrogen-bond donors (Lipinski definition) is 3. The molecule has 7 aromatic rings. The zero-order valence-corrected chi connectivity index (χ0v) is 41.1. The highest BCUT2D eigenvalue weighted by atomic mass is 32.1. The highest BCUT2D eigenvalue weighted by Gasteiger charge is 2.33. The number of carboxylic acid groups (broad SMARTS) is 1. The Labute approximate surface area is 420 Å². The van der Waals surface area contributed by atoms with Gasteiger partial charge in [-0.25, -0.2) is 19.7 Å². The molecule has 0 spiro atoms. The lowest BCUT2D eigenvalue weighted by atomic mass is 9.93. The Kier molecular flexibility index (Phi) is 13.1. The molecule has 0 radical (unpaired) electrons. The van der Waals surface area contributed by atoms with Crippen LogP contribution in [-0.4, -0.2) is 117 Å². The Morgan fingerprint density at radius 1 is 0.806 bits per heavy atom. The third-order valence-corrected chi connectivity index (χ3v) is 15.6. The topological polar surface area (TPSA) is 197 Å². The molecule has 7 heterocycles. The number of ether oxygens (including phenoxy) is 2. The molecule has 1 atom stereocenters. The van der Waals surface area contributed by atoms with E-state index >= 15 is 0 Å². The van der Waals surface area contributed by atoms with Crippen molar-refractivity contribution in [2.45, 2.75) is 76.5 Å². The van der Waals surface area contributed by atoms with Gasteiger partial charge in [0, 0.05) is 75.8 Å². The molecule has 1 saturated carbocycles. The summed E-state index contributed by atoms with van der Waals surface area (Å²) in [5.74, 6) is -0.203. The zero-order chi connectivity index (χ0) is 49.5. The smallest absolute Gasteiger partial charge is 0.355 e. The number of para-hydroxylation sites is 1. The van der Waals surface area contributed by atoms with Gasteiger partial charge in [-0.15, -0.1) is 0 Å². The summed E-state index contributed by atoms with van der Waals surface area (Å²) < 4.78 is 15.8. The van der Waals surface area contributed by atoms with Crippen LogP contribution in [0.3, 0.4) is 0 Å². The number of pyridine rings is 2. The SMILES string of the molecule is Cc1c(OC2CCC(OCCN3CCN(c4ccc5c(C6CCC(=O)NC6=O)nn(C)c5n4)CC3)CC2)cccc1-c1ccc(N2CCc3cccc(C(=O)Nc4nc5ccccc5s4)c3C2)nc1C(=O)O. The standard InChI is InChI=1S/C54H56N10O7S/c1-32-36(37-17-20-45(56-49(37)53(68)69)64-24-23-33-7-5-9-38(41(33)31-64)51(66)59-54-55-42-10-3-4-12-44(42)72-54)8-6-11-43(32)71-35-15-13-34(14-16-35)70-30-29-62-25-27-63(28-26-62)46-21-18-39-48(60-61(2)50(39)57-46)40-19-22-47(65)58-52(40)67/h3-12,17-18,20-21,34-35,40H,13-16,19,22-31H2,1-2H3,(H,68,69)(H,55,59,66)(H,58,65,67). The summed E-state index contributed by atoms with van der Waals surface area (Å²) in [6.07, 6.45) is 5.13. The molecule has 2 saturated heterocycles. The van der Waals surface area contributed by atoms with E-state index in [1.54, 1.807) is 4.68 Å². The van der Waals surface area contributed by atoms with Gasteiger partial charge >= 0.3 is 5.97 Å². The quantitative estimate of drug-likeness (QED) is 0.0960. The minimum Gasteiger partial charge on any atom is -0.490 e. The number of piperidine rings is 1. The average Bonchev–Trinajstić information content (AvgIpc) is 3.96. The number of fused-ring (bicyclic) bond motifs is 3. The normalized spacial score (nSPS) is 19.6. The zero-order valence-electron chi connectivity index (χ0n) is 40.3. The van der Waals surface area contributed by atoms with Crippen molar-refractivity contribution in [2.75, 3.05) is 61.0 Å². The van der Waals surface area contributed by atoms with Gasteiger partial charge in [-0.05, 0) is 116 Å². The second-order valence-corrected chi connectivity index (χ2v) is 20.2. The number of piperazine rings is 1. The first-order chi connectivity index (χ1) is 35.0. The molecule has 3 amide bonds. The first-order valence-electron chi connectivity index (χ1n) is 24.8. The highest BCUT2D eigenvalue weighted by Crippen LogP contribution is 2.37. The van der Waals surface area contributed by atoms with Crippen molar-refractivity contribution in [1.29, 1.82) is 0 Å². The fourth-order valence-electron chi connectivity index (χ4n) is 10.7. The molecule has 11 rings (SSSR count). The molecule has 370 valence electrons. The van der Waals surface area contributed by atoms with E-state index in [2.05, 4.69) is 30.5 Å². The van der Waals surface area contributed by atoms with Crippen LogP contribution in [0.5, 0.6) is 5.75 Å². The summed E-state index contributed by atoms with van der Waals surface area (Å²) in [7, 11) is 1.84. The van der Waals surface area contributed by atoms with Gasteiger partial charge in [0.1, 0.15) is 17.4 Å². The summed E-state index contributed by atoms with van der Waals surface area (Å²) in [6, 6.07) is 27.0. The molecular formula is C54H56N10O7S. The van der Waals surface area contributed by atoms with Gasteiger partial charge in [0.05, 0.1) is 40.6 Å². The molecule has 3 fully saturated rings. The van der Waals surface area contributed by atoms with E-state index in [9.17, 15) is 24.3 Å². The number of anilines is 3. The predicted molar refractivity (Wildman–Crippen MR) is 275 cm³/mol. The Hall–Kier alpha value is -7.28. The average molecular weight is 989 g/mol. The van der Waals surface area contributed by atoms with Gasteiger partial charge in [0.2, 0.25) is 11.8 Å². The van der Waals surface area contributed by atoms with Crippen molar-refractivity contribution < 1.29 is 33.8 Å². The Morgan fingerprint density at radius 2 is 1.58 bits per heavy atom. The second-order valence-electron chi connectivity index (χ2n) is 19.1. The van der Waals surface area contributed by atoms with Crippen molar-refractivity contribution in [3.63, 3.8) is 0 Å². The molecule has 17 nitrogen and oxygen atoms in total. The number of carboxylic acids is 1. The number of imide groups is 1. The highest BCUT2D eigenvalue weighted by molar-refractivity contribution is 7.22. The molecule has 3 aliphatic heterocycles. The number of carbonyl (C=O) groups is 4. The number of amides is 3. The molecule has 4 aromatic heterocycles. The molecule has 72 heavy (non-hydrogen) atoms. The van der Waals surface area contributed by atoms with Gasteiger partial charge in [-0.3, -0.25) is 34.6 Å². The van der Waals surface area contributed by atoms with Gasteiger partial charge in [-0.1, -0.05) is 47.7 Å². The van der Waals surface area contributed by atoms with Crippen molar-refractivity contribution >= 4 is 73.0 Å². The lowest BCUT2D eigenvalue weighted by Crippen LogP contribution is -2.47. The van der Waals surface area contributed by atoms with Crippen LogP contribution in [0.25, 0.3) is 32.4 Å². The fourth-order valence-corrected chi connectivity index (χ4v) is 11.6. The van der Waals surface area contributed by atoms with Crippen molar-refractivity contribution in [1.82, 2.24) is 34.9 Å². The summed E-state index contributed by atoms with van der Waals surface area (Å²) in [6.45, 7) is 7.98. The van der Waals surface area contributed by atoms with E-state index < -0.39 is 11.9 Å². The number of carbonyl (C=O) groups excluding carboxylic acids is 3. The number of rotatable bonds is 13. The molecule has 4 aliphatic rings. The van der Waals surface area contributed by atoms with Crippen LogP contribution in [0.1, 0.15) is 87.7 Å². The van der Waals surface area contributed by atoms with E-state index in [1.807, 2.05) is 104 Å². The molecule has 3 aromatic carbocycles. The maximum absolute atomic E-state index is 13.7. The number of nitrogens with one attached hydrogen (secondary N) is 2. The van der Waals surface area contributed by atoms with Gasteiger partial charge in [0.15, 0.2) is 16.5 Å². The van der Waals surface area contributed by atoms with Crippen LogP contribution in [0.2, 0.25) is 0 Å². The Bertz CT molecular complexity index is 3200. The Balaban J connectivity index is 0.664. The Morgan fingerprint density at radius 3 is 2.39 bits per heavy atom. The number of aromatic nitrogens is 5. The lowest BCUT2D eigenvalue weighted by Gasteiger charge is -2.36. The minimum absolute atomic E-state index is 0.0182. The summed E-state index contributed by atoms with van der Waals surface area (Å²) in [5, 5.41) is 22.0. The van der Waals surface area contributed by atoms with Crippen molar-refractivity contribution in [3.05, 3.63) is 119 Å². The van der Waals surface area contributed by atoms with Crippen LogP contribution in [0.4, 0.5) is 16.8 Å². The fraction of sp³-hybridized carbons (Fsp3) is 0.370. The number of thiazole rings is 1. The molecule has 18 heteroatoms.